The van der Waals surface area contributed by atoms with E-state index in [1.54, 1.807) is 6.07 Å². The Kier molecular flexibility index (Phi) is 7.62. The van der Waals surface area contributed by atoms with Gasteiger partial charge in [-0.3, -0.25) is 4.79 Å². The maximum atomic E-state index is 12.0. The third-order valence-corrected chi connectivity index (χ3v) is 3.19. The summed E-state index contributed by atoms with van der Waals surface area (Å²) in [6.45, 7) is 5.94. The minimum absolute atomic E-state index is 0.117. The van der Waals surface area contributed by atoms with Crippen molar-refractivity contribution in [1.29, 1.82) is 0 Å². The van der Waals surface area contributed by atoms with Gasteiger partial charge >= 0.3 is 0 Å². The Balaban J connectivity index is 2.55. The van der Waals surface area contributed by atoms with Crippen LogP contribution in [0.5, 0.6) is 0 Å². The van der Waals surface area contributed by atoms with Gasteiger partial charge in [0.05, 0.1) is 0 Å². The highest BCUT2D eigenvalue weighted by Gasteiger charge is 2.10. The summed E-state index contributed by atoms with van der Waals surface area (Å²) >= 11 is 0. The highest BCUT2D eigenvalue weighted by molar-refractivity contribution is 5.92. The minimum Gasteiger partial charge on any atom is -0.360 e. The Bertz CT molecular complexity index is 409. The number of aromatic nitrogens is 2. The standard InChI is InChI=1S/C15H26N4O/c1-4-6-8-9-16-15(20)13-11-14(18-12-17-13)19(3)10-7-5-2/h11-12H,4-10H2,1-3H3,(H,16,20). The number of hydrogen-bond acceptors (Lipinski definition) is 4. The maximum Gasteiger partial charge on any atom is 0.270 e. The van der Waals surface area contributed by atoms with Crippen LogP contribution < -0.4 is 10.2 Å². The Hall–Kier alpha value is -1.65. The Labute approximate surface area is 121 Å². The summed E-state index contributed by atoms with van der Waals surface area (Å²) in [4.78, 5) is 22.3. The molecule has 1 aromatic heterocycles. The number of unbranched alkanes of at least 4 members (excludes halogenated alkanes) is 3. The molecule has 0 atom stereocenters. The summed E-state index contributed by atoms with van der Waals surface area (Å²) in [6.07, 6.45) is 7.00. The van der Waals surface area contributed by atoms with Crippen LogP contribution in [-0.2, 0) is 0 Å². The largest absolute Gasteiger partial charge is 0.360 e. The SMILES string of the molecule is CCCCCNC(=O)c1cc(N(C)CCCC)ncn1. The molecular weight excluding hydrogens is 252 g/mol. The third kappa shape index (κ3) is 5.55. The van der Waals surface area contributed by atoms with Gasteiger partial charge in [0.25, 0.3) is 5.91 Å². The lowest BCUT2D eigenvalue weighted by Crippen LogP contribution is -2.26. The van der Waals surface area contributed by atoms with E-state index in [2.05, 4.69) is 34.0 Å². The highest BCUT2D eigenvalue weighted by Crippen LogP contribution is 2.10. The molecule has 20 heavy (non-hydrogen) atoms. The van der Waals surface area contributed by atoms with E-state index >= 15 is 0 Å². The zero-order valence-corrected chi connectivity index (χ0v) is 12.9. The molecule has 1 aromatic rings. The van der Waals surface area contributed by atoms with Gasteiger partial charge in [0, 0.05) is 26.2 Å². The minimum atomic E-state index is -0.117. The van der Waals surface area contributed by atoms with Crippen molar-refractivity contribution < 1.29 is 4.79 Å². The molecule has 0 saturated carbocycles. The fourth-order valence-corrected chi connectivity index (χ4v) is 1.86. The zero-order chi connectivity index (χ0) is 14.8. The second kappa shape index (κ2) is 9.28. The molecule has 1 amide bonds. The molecule has 0 bridgehead atoms. The van der Waals surface area contributed by atoms with E-state index in [1.165, 1.54) is 6.33 Å². The van der Waals surface area contributed by atoms with E-state index in [1.807, 2.05) is 7.05 Å². The van der Waals surface area contributed by atoms with Crippen molar-refractivity contribution >= 4 is 11.7 Å². The first-order chi connectivity index (χ1) is 9.69. The van der Waals surface area contributed by atoms with Crippen LogP contribution in [0.1, 0.15) is 56.4 Å². The van der Waals surface area contributed by atoms with Gasteiger partial charge in [-0.2, -0.15) is 0 Å². The zero-order valence-electron chi connectivity index (χ0n) is 12.9. The first-order valence-electron chi connectivity index (χ1n) is 7.50. The predicted octanol–water partition coefficient (Wildman–Crippen LogP) is 2.63. The van der Waals surface area contributed by atoms with Gasteiger partial charge in [0.15, 0.2) is 0 Å². The van der Waals surface area contributed by atoms with Crippen molar-refractivity contribution in [2.24, 2.45) is 0 Å². The van der Waals surface area contributed by atoms with Crippen molar-refractivity contribution in [2.45, 2.75) is 46.0 Å². The molecule has 0 fully saturated rings. The van der Waals surface area contributed by atoms with Crippen molar-refractivity contribution in [3.63, 3.8) is 0 Å². The molecule has 0 spiro atoms. The lowest BCUT2D eigenvalue weighted by molar-refractivity contribution is 0.0948. The molecule has 0 radical (unpaired) electrons. The van der Waals surface area contributed by atoms with Gasteiger partial charge in [0.2, 0.25) is 0 Å². The van der Waals surface area contributed by atoms with E-state index in [9.17, 15) is 4.79 Å². The van der Waals surface area contributed by atoms with Crippen LogP contribution in [0.2, 0.25) is 0 Å². The van der Waals surface area contributed by atoms with E-state index in [-0.39, 0.29) is 5.91 Å². The van der Waals surface area contributed by atoms with E-state index in [0.29, 0.717) is 12.2 Å². The van der Waals surface area contributed by atoms with Gasteiger partial charge in [-0.25, -0.2) is 9.97 Å². The average molecular weight is 278 g/mol. The summed E-state index contributed by atoms with van der Waals surface area (Å²) in [7, 11) is 1.99. The molecule has 1 heterocycles. The number of anilines is 1. The number of amides is 1. The molecule has 0 unspecified atom stereocenters. The number of rotatable bonds is 9. The predicted molar refractivity (Wildman–Crippen MR) is 82.1 cm³/mol. The maximum absolute atomic E-state index is 12.0. The number of carbonyl (C=O) groups is 1. The van der Waals surface area contributed by atoms with Crippen molar-refractivity contribution in [2.75, 3.05) is 25.0 Å². The fraction of sp³-hybridized carbons (Fsp3) is 0.667. The normalized spacial score (nSPS) is 10.3. The number of nitrogens with one attached hydrogen (secondary N) is 1. The van der Waals surface area contributed by atoms with Crippen molar-refractivity contribution in [3.8, 4) is 0 Å². The molecule has 1 rings (SSSR count). The molecule has 0 aliphatic heterocycles. The van der Waals surface area contributed by atoms with Crippen LogP contribution in [0.3, 0.4) is 0 Å². The molecule has 0 aliphatic carbocycles. The highest BCUT2D eigenvalue weighted by atomic mass is 16.1. The topological polar surface area (TPSA) is 58.1 Å². The molecular formula is C15H26N4O. The van der Waals surface area contributed by atoms with E-state index in [0.717, 1.165) is 44.5 Å². The second-order valence-corrected chi connectivity index (χ2v) is 5.00. The average Bonchev–Trinajstić information content (AvgIpc) is 2.49. The molecule has 112 valence electrons. The van der Waals surface area contributed by atoms with Crippen molar-refractivity contribution in [3.05, 3.63) is 18.1 Å². The molecule has 0 aliphatic rings. The van der Waals surface area contributed by atoms with Crippen LogP contribution >= 0.6 is 0 Å². The summed E-state index contributed by atoms with van der Waals surface area (Å²) in [5.41, 5.74) is 0.440. The summed E-state index contributed by atoms with van der Waals surface area (Å²) in [6, 6.07) is 1.75. The van der Waals surface area contributed by atoms with Crippen LogP contribution in [0.15, 0.2) is 12.4 Å². The smallest absolute Gasteiger partial charge is 0.270 e. The molecule has 0 saturated heterocycles. The third-order valence-electron chi connectivity index (χ3n) is 3.19. The Morgan fingerprint density at radius 3 is 2.65 bits per heavy atom. The molecule has 5 heteroatoms. The summed E-state index contributed by atoms with van der Waals surface area (Å²) in [5, 5.41) is 2.90. The van der Waals surface area contributed by atoms with Crippen LogP contribution in [-0.4, -0.2) is 36.0 Å². The first-order valence-corrected chi connectivity index (χ1v) is 7.50. The lowest BCUT2D eigenvalue weighted by atomic mass is 10.2. The quantitative estimate of drug-likeness (QED) is 0.705. The van der Waals surface area contributed by atoms with Gasteiger partial charge in [-0.1, -0.05) is 33.1 Å². The van der Waals surface area contributed by atoms with Gasteiger partial charge in [0.1, 0.15) is 17.8 Å². The van der Waals surface area contributed by atoms with E-state index < -0.39 is 0 Å². The molecule has 0 aromatic carbocycles. The van der Waals surface area contributed by atoms with Crippen LogP contribution in [0.25, 0.3) is 0 Å². The van der Waals surface area contributed by atoms with Crippen LogP contribution in [0, 0.1) is 0 Å². The second-order valence-electron chi connectivity index (χ2n) is 5.00. The lowest BCUT2D eigenvalue weighted by Gasteiger charge is -2.17. The van der Waals surface area contributed by atoms with Crippen molar-refractivity contribution in [1.82, 2.24) is 15.3 Å². The first kappa shape index (κ1) is 16.4. The monoisotopic (exact) mass is 278 g/mol. The Morgan fingerprint density at radius 2 is 1.95 bits per heavy atom. The van der Waals surface area contributed by atoms with Crippen LogP contribution in [0.4, 0.5) is 5.82 Å². The number of nitrogens with zero attached hydrogens (tertiary/aromatic N) is 3. The van der Waals surface area contributed by atoms with Gasteiger partial charge in [-0.05, 0) is 12.8 Å². The number of carbonyl (C=O) groups excluding carboxylic acids is 1. The molecule has 1 N–H and O–H groups in total. The Morgan fingerprint density at radius 1 is 1.20 bits per heavy atom. The summed E-state index contributed by atoms with van der Waals surface area (Å²) in [5.74, 6) is 0.681. The molecule has 5 nitrogen and oxygen atoms in total. The van der Waals surface area contributed by atoms with Gasteiger partial charge < -0.3 is 10.2 Å². The summed E-state index contributed by atoms with van der Waals surface area (Å²) < 4.78 is 0. The van der Waals surface area contributed by atoms with E-state index in [4.69, 9.17) is 0 Å². The number of hydrogen-bond donors (Lipinski definition) is 1. The fourth-order valence-electron chi connectivity index (χ4n) is 1.86. The van der Waals surface area contributed by atoms with Gasteiger partial charge in [-0.15, -0.1) is 0 Å².